The van der Waals surface area contributed by atoms with Crippen molar-refractivity contribution in [2.24, 2.45) is 0 Å². The predicted molar refractivity (Wildman–Crippen MR) is 103 cm³/mol. The van der Waals surface area contributed by atoms with Gasteiger partial charge in [-0.15, -0.1) is 0 Å². The highest BCUT2D eigenvalue weighted by atomic mass is 16.5. The SMILES string of the molecule is CN1CCCc2cc(N3c4ccccc4Oc4ccccc43)ccc21. The summed E-state index contributed by atoms with van der Waals surface area (Å²) in [5.41, 5.74) is 6.14. The first-order valence-electron chi connectivity index (χ1n) is 8.81. The van der Waals surface area contributed by atoms with Crippen LogP contribution in [-0.2, 0) is 6.42 Å². The molecule has 0 spiro atoms. The molecule has 2 heterocycles. The van der Waals surface area contributed by atoms with E-state index in [2.05, 4.69) is 59.3 Å². The normalized spacial score (nSPS) is 15.1. The molecular formula is C22H20N2O. The Labute approximate surface area is 148 Å². The minimum atomic E-state index is 0.899. The number of nitrogens with zero attached hydrogens (tertiary/aromatic N) is 2. The third kappa shape index (κ3) is 2.27. The molecule has 2 aliphatic heterocycles. The van der Waals surface area contributed by atoms with Gasteiger partial charge in [-0.2, -0.15) is 0 Å². The average Bonchev–Trinajstić information content (AvgIpc) is 2.66. The van der Waals surface area contributed by atoms with Gasteiger partial charge in [0.2, 0.25) is 0 Å². The van der Waals surface area contributed by atoms with Crippen LogP contribution in [0.4, 0.5) is 22.7 Å². The molecule has 124 valence electrons. The van der Waals surface area contributed by atoms with Gasteiger partial charge in [0.25, 0.3) is 0 Å². The van der Waals surface area contributed by atoms with E-state index in [1.54, 1.807) is 0 Å². The molecule has 0 aromatic heterocycles. The number of rotatable bonds is 1. The molecule has 0 fully saturated rings. The molecule has 0 saturated carbocycles. The monoisotopic (exact) mass is 328 g/mol. The number of ether oxygens (including phenoxy) is 1. The van der Waals surface area contributed by atoms with Gasteiger partial charge in [-0.25, -0.2) is 0 Å². The molecule has 3 heteroatoms. The van der Waals surface area contributed by atoms with Crippen LogP contribution >= 0.6 is 0 Å². The van der Waals surface area contributed by atoms with E-state index in [9.17, 15) is 0 Å². The number of anilines is 4. The summed E-state index contributed by atoms with van der Waals surface area (Å²) < 4.78 is 6.11. The second-order valence-corrected chi connectivity index (χ2v) is 6.71. The van der Waals surface area contributed by atoms with Crippen molar-refractivity contribution in [1.82, 2.24) is 0 Å². The lowest BCUT2D eigenvalue weighted by Gasteiger charge is -2.34. The lowest BCUT2D eigenvalue weighted by atomic mass is 10.0. The molecular weight excluding hydrogens is 308 g/mol. The summed E-state index contributed by atoms with van der Waals surface area (Å²) in [6.45, 7) is 1.13. The lowest BCUT2D eigenvalue weighted by Crippen LogP contribution is -2.25. The molecule has 0 aliphatic carbocycles. The van der Waals surface area contributed by atoms with E-state index < -0.39 is 0 Å². The molecule has 2 aliphatic rings. The van der Waals surface area contributed by atoms with Crippen molar-refractivity contribution in [1.29, 1.82) is 0 Å². The second kappa shape index (κ2) is 5.55. The largest absolute Gasteiger partial charge is 0.453 e. The van der Waals surface area contributed by atoms with Crippen LogP contribution in [0.15, 0.2) is 66.7 Å². The summed E-state index contributed by atoms with van der Waals surface area (Å²) >= 11 is 0. The fraction of sp³-hybridized carbons (Fsp3) is 0.182. The zero-order valence-corrected chi connectivity index (χ0v) is 14.3. The number of hydrogen-bond acceptors (Lipinski definition) is 3. The van der Waals surface area contributed by atoms with E-state index in [1.807, 2.05) is 24.3 Å². The van der Waals surface area contributed by atoms with Crippen LogP contribution in [0.1, 0.15) is 12.0 Å². The number of para-hydroxylation sites is 4. The Morgan fingerprint density at radius 1 is 0.800 bits per heavy atom. The molecule has 3 aromatic rings. The standard InChI is InChI=1S/C22H20N2O/c1-23-14-6-7-16-15-17(12-13-18(16)23)24-19-8-2-4-10-21(19)25-22-11-5-3-9-20(22)24/h2-5,8-13,15H,6-7,14H2,1H3. The van der Waals surface area contributed by atoms with Gasteiger partial charge in [0.05, 0.1) is 11.4 Å². The van der Waals surface area contributed by atoms with E-state index in [0.717, 1.165) is 35.8 Å². The van der Waals surface area contributed by atoms with Gasteiger partial charge in [0, 0.05) is 25.0 Å². The van der Waals surface area contributed by atoms with E-state index in [0.29, 0.717) is 0 Å². The van der Waals surface area contributed by atoms with Crippen LogP contribution in [0, 0.1) is 0 Å². The molecule has 5 rings (SSSR count). The van der Waals surface area contributed by atoms with Gasteiger partial charge < -0.3 is 14.5 Å². The van der Waals surface area contributed by atoms with Gasteiger partial charge in [-0.3, -0.25) is 0 Å². The Bertz CT molecular complexity index is 905. The zero-order valence-electron chi connectivity index (χ0n) is 14.3. The smallest absolute Gasteiger partial charge is 0.151 e. The van der Waals surface area contributed by atoms with Crippen LogP contribution < -0.4 is 14.5 Å². The fourth-order valence-corrected chi connectivity index (χ4v) is 3.89. The molecule has 25 heavy (non-hydrogen) atoms. The maximum atomic E-state index is 6.11. The highest BCUT2D eigenvalue weighted by Gasteiger charge is 2.26. The average molecular weight is 328 g/mol. The molecule has 0 bridgehead atoms. The lowest BCUT2D eigenvalue weighted by molar-refractivity contribution is 0.477. The van der Waals surface area contributed by atoms with E-state index in [1.165, 1.54) is 23.4 Å². The third-order valence-electron chi connectivity index (χ3n) is 5.10. The maximum Gasteiger partial charge on any atom is 0.151 e. The van der Waals surface area contributed by atoms with Crippen molar-refractivity contribution in [2.45, 2.75) is 12.8 Å². The zero-order chi connectivity index (χ0) is 16.8. The van der Waals surface area contributed by atoms with Gasteiger partial charge in [-0.05, 0) is 60.9 Å². The second-order valence-electron chi connectivity index (χ2n) is 6.71. The van der Waals surface area contributed by atoms with E-state index >= 15 is 0 Å². The van der Waals surface area contributed by atoms with Gasteiger partial charge in [-0.1, -0.05) is 24.3 Å². The Morgan fingerprint density at radius 3 is 2.20 bits per heavy atom. The summed E-state index contributed by atoms with van der Waals surface area (Å²) in [6, 6.07) is 23.3. The highest BCUT2D eigenvalue weighted by molar-refractivity contribution is 5.86. The molecule has 0 saturated heterocycles. The Kier molecular flexibility index (Phi) is 3.20. The summed E-state index contributed by atoms with van der Waals surface area (Å²) in [5.74, 6) is 1.80. The number of aryl methyl sites for hydroxylation is 1. The Morgan fingerprint density at radius 2 is 1.48 bits per heavy atom. The summed E-state index contributed by atoms with van der Waals surface area (Å²) in [7, 11) is 2.18. The third-order valence-corrected chi connectivity index (χ3v) is 5.10. The molecule has 3 aromatic carbocycles. The van der Waals surface area contributed by atoms with Crippen molar-refractivity contribution < 1.29 is 4.74 Å². The molecule has 0 N–H and O–H groups in total. The van der Waals surface area contributed by atoms with Crippen LogP contribution in [0.25, 0.3) is 0 Å². The first kappa shape index (κ1) is 14.4. The first-order valence-corrected chi connectivity index (χ1v) is 8.81. The molecule has 3 nitrogen and oxygen atoms in total. The molecule has 0 unspecified atom stereocenters. The first-order chi connectivity index (χ1) is 12.3. The van der Waals surface area contributed by atoms with E-state index in [4.69, 9.17) is 4.74 Å². The highest BCUT2D eigenvalue weighted by Crippen LogP contribution is 2.50. The molecule has 0 amide bonds. The van der Waals surface area contributed by atoms with Gasteiger partial charge in [0.1, 0.15) is 0 Å². The van der Waals surface area contributed by atoms with Crippen molar-refractivity contribution in [3.8, 4) is 11.5 Å². The molecule has 0 radical (unpaired) electrons. The van der Waals surface area contributed by atoms with Crippen molar-refractivity contribution in [3.63, 3.8) is 0 Å². The van der Waals surface area contributed by atoms with Crippen LogP contribution in [0.3, 0.4) is 0 Å². The van der Waals surface area contributed by atoms with Crippen molar-refractivity contribution >= 4 is 22.7 Å². The van der Waals surface area contributed by atoms with Crippen molar-refractivity contribution in [2.75, 3.05) is 23.4 Å². The van der Waals surface area contributed by atoms with Crippen LogP contribution in [0.2, 0.25) is 0 Å². The molecule has 0 atom stereocenters. The van der Waals surface area contributed by atoms with Crippen LogP contribution in [-0.4, -0.2) is 13.6 Å². The Balaban J connectivity index is 1.69. The number of hydrogen-bond donors (Lipinski definition) is 0. The van der Waals surface area contributed by atoms with Gasteiger partial charge >= 0.3 is 0 Å². The quantitative estimate of drug-likeness (QED) is 0.449. The maximum absolute atomic E-state index is 6.11. The minimum absolute atomic E-state index is 0.899. The van der Waals surface area contributed by atoms with E-state index in [-0.39, 0.29) is 0 Å². The van der Waals surface area contributed by atoms with Crippen molar-refractivity contribution in [3.05, 3.63) is 72.3 Å². The number of fused-ring (bicyclic) bond motifs is 3. The Hall–Kier alpha value is -2.94. The van der Waals surface area contributed by atoms with Gasteiger partial charge in [0.15, 0.2) is 11.5 Å². The summed E-state index contributed by atoms with van der Waals surface area (Å²) in [6.07, 6.45) is 2.35. The predicted octanol–water partition coefficient (Wildman–Crippen LogP) is 5.64. The number of benzene rings is 3. The summed E-state index contributed by atoms with van der Waals surface area (Å²) in [5, 5.41) is 0. The van der Waals surface area contributed by atoms with Crippen LogP contribution in [0.5, 0.6) is 11.5 Å². The fourth-order valence-electron chi connectivity index (χ4n) is 3.89. The minimum Gasteiger partial charge on any atom is -0.453 e. The topological polar surface area (TPSA) is 15.7 Å². The summed E-state index contributed by atoms with van der Waals surface area (Å²) in [4.78, 5) is 4.66.